The number of anilines is 3. The van der Waals surface area contributed by atoms with Gasteiger partial charge in [0.05, 0.1) is 0 Å². The number of benzene rings is 2. The summed E-state index contributed by atoms with van der Waals surface area (Å²) in [6.07, 6.45) is 0. The van der Waals surface area contributed by atoms with Gasteiger partial charge < -0.3 is 15.5 Å². The number of nitrogens with zero attached hydrogens (tertiary/aromatic N) is 1. The van der Waals surface area contributed by atoms with Gasteiger partial charge in [0, 0.05) is 30.9 Å². The van der Waals surface area contributed by atoms with Crippen molar-refractivity contribution >= 4 is 34.8 Å². The lowest BCUT2D eigenvalue weighted by atomic mass is 10.2. The fourth-order valence-electron chi connectivity index (χ4n) is 2.21. The van der Waals surface area contributed by atoms with Gasteiger partial charge in [-0.2, -0.15) is 0 Å². The zero-order chi connectivity index (χ0) is 17.5. The predicted octanol–water partition coefficient (Wildman–Crippen LogP) is 2.64. The minimum Gasteiger partial charge on any atom is -0.326 e. The normalized spacial score (nSPS) is 9.92. The summed E-state index contributed by atoms with van der Waals surface area (Å²) in [4.78, 5) is 36.5. The molecule has 0 bridgehead atoms. The Balaban J connectivity index is 2.06. The summed E-state index contributed by atoms with van der Waals surface area (Å²) in [6.45, 7) is 2.73. The smallest absolute Gasteiger partial charge is 0.244 e. The molecule has 0 radical (unpaired) electrons. The van der Waals surface area contributed by atoms with Crippen LogP contribution < -0.4 is 15.5 Å². The van der Waals surface area contributed by atoms with Gasteiger partial charge >= 0.3 is 0 Å². The molecule has 0 saturated heterocycles. The molecule has 3 amide bonds. The topological polar surface area (TPSA) is 78.5 Å². The first-order valence-corrected chi connectivity index (χ1v) is 7.46. The molecule has 2 rings (SSSR count). The molecule has 0 spiro atoms. The summed E-state index contributed by atoms with van der Waals surface area (Å²) >= 11 is 0. The number of amides is 3. The van der Waals surface area contributed by atoms with Crippen LogP contribution >= 0.6 is 0 Å². The van der Waals surface area contributed by atoms with Crippen molar-refractivity contribution in [1.29, 1.82) is 0 Å². The van der Waals surface area contributed by atoms with Gasteiger partial charge in [0.15, 0.2) is 0 Å². The molecule has 0 aliphatic carbocycles. The van der Waals surface area contributed by atoms with E-state index in [1.165, 1.54) is 18.7 Å². The summed E-state index contributed by atoms with van der Waals surface area (Å²) in [7, 11) is 0. The average Bonchev–Trinajstić information content (AvgIpc) is 2.53. The highest BCUT2D eigenvalue weighted by molar-refractivity contribution is 6.02. The third-order valence-corrected chi connectivity index (χ3v) is 3.22. The van der Waals surface area contributed by atoms with Gasteiger partial charge in [0.1, 0.15) is 6.54 Å². The lowest BCUT2D eigenvalue weighted by Gasteiger charge is -2.20. The molecule has 0 aliphatic rings. The van der Waals surface area contributed by atoms with Crippen LogP contribution in [0.1, 0.15) is 13.8 Å². The summed E-state index contributed by atoms with van der Waals surface area (Å²) < 4.78 is 0. The van der Waals surface area contributed by atoms with Crippen LogP contribution in [-0.4, -0.2) is 24.3 Å². The molecule has 0 aromatic heterocycles. The predicted molar refractivity (Wildman–Crippen MR) is 93.8 cm³/mol. The lowest BCUT2D eigenvalue weighted by Crippen LogP contribution is -2.36. The molecule has 124 valence electrons. The van der Waals surface area contributed by atoms with Gasteiger partial charge in [-0.05, 0) is 30.3 Å². The molecular weight excluding hydrogens is 306 g/mol. The molecule has 6 heteroatoms. The highest BCUT2D eigenvalue weighted by Gasteiger charge is 2.15. The van der Waals surface area contributed by atoms with Gasteiger partial charge in [-0.3, -0.25) is 14.4 Å². The number of para-hydroxylation sites is 1. The minimum atomic E-state index is -0.325. The third-order valence-electron chi connectivity index (χ3n) is 3.22. The Morgan fingerprint density at radius 3 is 2.08 bits per heavy atom. The lowest BCUT2D eigenvalue weighted by molar-refractivity contribution is -0.120. The van der Waals surface area contributed by atoms with Crippen molar-refractivity contribution in [2.24, 2.45) is 0 Å². The molecule has 0 fully saturated rings. The van der Waals surface area contributed by atoms with Crippen molar-refractivity contribution < 1.29 is 14.4 Å². The van der Waals surface area contributed by atoms with E-state index in [-0.39, 0.29) is 24.3 Å². The van der Waals surface area contributed by atoms with Crippen LogP contribution in [0.25, 0.3) is 0 Å². The Morgan fingerprint density at radius 2 is 1.50 bits per heavy atom. The first kappa shape index (κ1) is 17.2. The fraction of sp³-hybridized carbons (Fsp3) is 0.167. The van der Waals surface area contributed by atoms with E-state index in [1.807, 2.05) is 6.07 Å². The second kappa shape index (κ2) is 7.92. The van der Waals surface area contributed by atoms with Crippen molar-refractivity contribution in [3.63, 3.8) is 0 Å². The molecule has 24 heavy (non-hydrogen) atoms. The summed E-state index contributed by atoms with van der Waals surface area (Å²) in [6, 6.07) is 15.8. The standard InChI is InChI=1S/C18H19N3O3/c1-13(22)19-15-7-6-8-16(11-15)20-18(24)12-21(14(2)23)17-9-4-3-5-10-17/h3-11H,12H2,1-2H3,(H,19,22)(H,20,24). The maximum atomic E-state index is 12.2. The van der Waals surface area contributed by atoms with Crippen molar-refractivity contribution in [3.8, 4) is 0 Å². The number of rotatable bonds is 5. The van der Waals surface area contributed by atoms with Crippen molar-refractivity contribution in [1.82, 2.24) is 0 Å². The van der Waals surface area contributed by atoms with Gasteiger partial charge in [0.2, 0.25) is 17.7 Å². The monoisotopic (exact) mass is 325 g/mol. The van der Waals surface area contributed by atoms with Crippen LogP contribution in [0.3, 0.4) is 0 Å². The average molecular weight is 325 g/mol. The van der Waals surface area contributed by atoms with Crippen LogP contribution in [0.15, 0.2) is 54.6 Å². The van der Waals surface area contributed by atoms with Crippen LogP contribution in [0.2, 0.25) is 0 Å². The highest BCUT2D eigenvalue weighted by atomic mass is 16.2. The molecule has 0 atom stereocenters. The molecule has 6 nitrogen and oxygen atoms in total. The van der Waals surface area contributed by atoms with Crippen molar-refractivity contribution in [2.75, 3.05) is 22.1 Å². The molecule has 0 heterocycles. The molecule has 0 saturated carbocycles. The molecule has 0 unspecified atom stereocenters. The van der Waals surface area contributed by atoms with Gasteiger partial charge in [-0.15, -0.1) is 0 Å². The zero-order valence-electron chi connectivity index (χ0n) is 13.6. The largest absolute Gasteiger partial charge is 0.326 e. The molecular formula is C18H19N3O3. The van der Waals surface area contributed by atoms with Crippen LogP contribution in [0.5, 0.6) is 0 Å². The zero-order valence-corrected chi connectivity index (χ0v) is 13.6. The maximum absolute atomic E-state index is 12.2. The first-order valence-electron chi connectivity index (χ1n) is 7.46. The SMILES string of the molecule is CC(=O)Nc1cccc(NC(=O)CN(C(C)=O)c2ccccc2)c1. The van der Waals surface area contributed by atoms with Crippen LogP contribution in [0, 0.1) is 0 Å². The van der Waals surface area contributed by atoms with E-state index in [9.17, 15) is 14.4 Å². The second-order valence-corrected chi connectivity index (χ2v) is 5.25. The molecule has 2 aromatic rings. The summed E-state index contributed by atoms with van der Waals surface area (Å²) in [5, 5.41) is 5.38. The Hall–Kier alpha value is -3.15. The minimum absolute atomic E-state index is 0.0935. The van der Waals surface area contributed by atoms with Crippen molar-refractivity contribution in [3.05, 3.63) is 54.6 Å². The van der Waals surface area contributed by atoms with E-state index in [2.05, 4.69) is 10.6 Å². The van der Waals surface area contributed by atoms with E-state index in [4.69, 9.17) is 0 Å². The first-order chi connectivity index (χ1) is 11.5. The van der Waals surface area contributed by atoms with Crippen molar-refractivity contribution in [2.45, 2.75) is 13.8 Å². The molecule has 2 N–H and O–H groups in total. The Morgan fingerprint density at radius 1 is 0.875 bits per heavy atom. The quantitative estimate of drug-likeness (QED) is 0.887. The molecule has 2 aromatic carbocycles. The van der Waals surface area contributed by atoms with E-state index in [0.717, 1.165) is 0 Å². The second-order valence-electron chi connectivity index (χ2n) is 5.25. The Bertz CT molecular complexity index is 744. The number of nitrogens with one attached hydrogen (secondary N) is 2. The van der Waals surface area contributed by atoms with Gasteiger partial charge in [0.25, 0.3) is 0 Å². The fourth-order valence-corrected chi connectivity index (χ4v) is 2.21. The summed E-state index contributed by atoms with van der Waals surface area (Å²) in [5.41, 5.74) is 1.79. The maximum Gasteiger partial charge on any atom is 0.244 e. The number of hydrogen-bond donors (Lipinski definition) is 2. The number of carbonyl (C=O) groups excluding carboxylic acids is 3. The molecule has 0 aliphatic heterocycles. The third kappa shape index (κ3) is 4.95. The van der Waals surface area contributed by atoms with E-state index in [0.29, 0.717) is 17.1 Å². The van der Waals surface area contributed by atoms with Crippen LogP contribution in [0.4, 0.5) is 17.1 Å². The number of carbonyl (C=O) groups is 3. The van der Waals surface area contributed by atoms with E-state index in [1.54, 1.807) is 48.5 Å². The summed E-state index contributed by atoms with van der Waals surface area (Å²) in [5.74, 6) is -0.734. The van der Waals surface area contributed by atoms with Gasteiger partial charge in [-0.25, -0.2) is 0 Å². The highest BCUT2D eigenvalue weighted by Crippen LogP contribution is 2.16. The van der Waals surface area contributed by atoms with Crippen LogP contribution in [-0.2, 0) is 14.4 Å². The van der Waals surface area contributed by atoms with E-state index < -0.39 is 0 Å². The Kier molecular flexibility index (Phi) is 5.68. The van der Waals surface area contributed by atoms with Gasteiger partial charge in [-0.1, -0.05) is 24.3 Å². The Labute approximate surface area is 140 Å². The number of hydrogen-bond acceptors (Lipinski definition) is 3. The van der Waals surface area contributed by atoms with E-state index >= 15 is 0 Å².